The Labute approximate surface area is 124 Å². The molecule has 0 unspecified atom stereocenters. The molecule has 3 rings (SSSR count). The Morgan fingerprint density at radius 1 is 1.16 bits per heavy atom. The molecule has 1 heterocycles. The summed E-state index contributed by atoms with van der Waals surface area (Å²) in [6.45, 7) is 0.715. The van der Waals surface area contributed by atoms with Crippen LogP contribution in [0.5, 0.6) is 0 Å². The molecule has 0 aliphatic heterocycles. The zero-order valence-corrected chi connectivity index (χ0v) is 12.4. The lowest BCUT2D eigenvalue weighted by atomic mass is 10.2. The second-order valence-electron chi connectivity index (χ2n) is 4.47. The fraction of sp³-hybridized carbons (Fsp3) is 0.0667. The van der Waals surface area contributed by atoms with E-state index < -0.39 is 0 Å². The lowest BCUT2D eigenvalue weighted by Crippen LogP contribution is -2.01. The van der Waals surface area contributed by atoms with Crippen LogP contribution in [0.4, 0.5) is 5.69 Å². The Morgan fingerprint density at radius 3 is 2.74 bits per heavy atom. The van der Waals surface area contributed by atoms with Crippen LogP contribution in [0.2, 0.25) is 5.02 Å². The van der Waals surface area contributed by atoms with Gasteiger partial charge in [0.25, 0.3) is 0 Å². The lowest BCUT2D eigenvalue weighted by Gasteiger charge is -2.08. The van der Waals surface area contributed by atoms with Crippen LogP contribution in [0.25, 0.3) is 10.9 Å². The fourth-order valence-electron chi connectivity index (χ4n) is 2.23. The molecule has 0 fully saturated rings. The Bertz CT molecular complexity index is 749. The van der Waals surface area contributed by atoms with Crippen molar-refractivity contribution in [3.05, 3.63) is 63.7 Å². The normalized spacial score (nSPS) is 11.1. The number of anilines is 1. The summed E-state index contributed by atoms with van der Waals surface area (Å²) in [4.78, 5) is 0. The van der Waals surface area contributed by atoms with Crippen molar-refractivity contribution in [3.63, 3.8) is 0 Å². The van der Waals surface area contributed by atoms with Gasteiger partial charge >= 0.3 is 0 Å². The number of hydrogen-bond donors (Lipinski definition) is 1. The molecule has 0 amide bonds. The molecule has 19 heavy (non-hydrogen) atoms. The number of halogens is 2. The molecule has 0 radical (unpaired) electrons. The molecule has 1 aromatic heterocycles. The largest absolute Gasteiger partial charge is 0.398 e. The summed E-state index contributed by atoms with van der Waals surface area (Å²) in [5, 5.41) is 1.84. The van der Waals surface area contributed by atoms with Gasteiger partial charge in [-0.1, -0.05) is 51.8 Å². The molecule has 4 heteroatoms. The van der Waals surface area contributed by atoms with E-state index in [1.54, 1.807) is 0 Å². The first kappa shape index (κ1) is 12.6. The Kier molecular flexibility index (Phi) is 3.25. The van der Waals surface area contributed by atoms with Gasteiger partial charge in [-0.3, -0.25) is 0 Å². The summed E-state index contributed by atoms with van der Waals surface area (Å²) < 4.78 is 3.11. The summed E-state index contributed by atoms with van der Waals surface area (Å²) in [5.41, 5.74) is 9.03. The zero-order valence-electron chi connectivity index (χ0n) is 10.1. The standard InChI is InChI=1S/C15H12BrClN2/c16-11-6-5-10(14(18)7-11)8-19-9-13(17)12-3-1-2-4-15(12)19/h1-7,9H,8,18H2. The maximum Gasteiger partial charge on any atom is 0.0661 e. The van der Waals surface area contributed by atoms with Crippen molar-refractivity contribution < 1.29 is 0 Å². The summed E-state index contributed by atoms with van der Waals surface area (Å²) in [6.07, 6.45) is 1.95. The number of nitrogens with two attached hydrogens (primary N) is 1. The average Bonchev–Trinajstić information content (AvgIpc) is 2.71. The summed E-state index contributed by atoms with van der Waals surface area (Å²) in [5.74, 6) is 0. The van der Waals surface area contributed by atoms with Crippen molar-refractivity contribution in [3.8, 4) is 0 Å². The molecule has 2 N–H and O–H groups in total. The van der Waals surface area contributed by atoms with E-state index in [1.165, 1.54) is 0 Å². The van der Waals surface area contributed by atoms with Gasteiger partial charge in [-0.25, -0.2) is 0 Å². The molecule has 2 aromatic carbocycles. The van der Waals surface area contributed by atoms with Crippen molar-refractivity contribution in [2.24, 2.45) is 0 Å². The Morgan fingerprint density at radius 2 is 1.95 bits per heavy atom. The Hall–Kier alpha value is -1.45. The van der Waals surface area contributed by atoms with E-state index in [9.17, 15) is 0 Å². The first-order valence-electron chi connectivity index (χ1n) is 5.92. The monoisotopic (exact) mass is 334 g/mol. The number of para-hydroxylation sites is 1. The number of nitrogen functional groups attached to an aromatic ring is 1. The van der Waals surface area contributed by atoms with E-state index in [-0.39, 0.29) is 0 Å². The number of fused-ring (bicyclic) bond motifs is 1. The molecule has 0 spiro atoms. The maximum atomic E-state index is 6.25. The predicted octanol–water partition coefficient (Wildman–Crippen LogP) is 4.69. The van der Waals surface area contributed by atoms with Crippen LogP contribution in [-0.4, -0.2) is 4.57 Å². The molecule has 0 atom stereocenters. The fourth-order valence-corrected chi connectivity index (χ4v) is 2.88. The predicted molar refractivity (Wildman–Crippen MR) is 84.6 cm³/mol. The van der Waals surface area contributed by atoms with Crippen LogP contribution < -0.4 is 5.73 Å². The first-order chi connectivity index (χ1) is 9.15. The SMILES string of the molecule is Nc1cc(Br)ccc1Cn1cc(Cl)c2ccccc21. The summed E-state index contributed by atoms with van der Waals surface area (Å²) >= 11 is 9.67. The van der Waals surface area contributed by atoms with Gasteiger partial charge < -0.3 is 10.3 Å². The maximum absolute atomic E-state index is 6.25. The number of benzene rings is 2. The molecule has 3 aromatic rings. The summed E-state index contributed by atoms with van der Waals surface area (Å²) in [7, 11) is 0. The van der Waals surface area contributed by atoms with E-state index in [0.717, 1.165) is 31.6 Å². The van der Waals surface area contributed by atoms with Gasteiger partial charge in [0.1, 0.15) is 0 Å². The van der Waals surface area contributed by atoms with E-state index >= 15 is 0 Å². The highest BCUT2D eigenvalue weighted by Gasteiger charge is 2.08. The molecule has 0 saturated carbocycles. The van der Waals surface area contributed by atoms with Gasteiger partial charge in [0.2, 0.25) is 0 Å². The highest BCUT2D eigenvalue weighted by Crippen LogP contribution is 2.27. The molecular formula is C15H12BrClN2. The third kappa shape index (κ3) is 2.36. The summed E-state index contributed by atoms with van der Waals surface area (Å²) in [6, 6.07) is 14.0. The van der Waals surface area contributed by atoms with Gasteiger partial charge in [-0.05, 0) is 23.8 Å². The second kappa shape index (κ2) is 4.91. The number of nitrogens with zero attached hydrogens (tertiary/aromatic N) is 1. The van der Waals surface area contributed by atoms with Crippen molar-refractivity contribution >= 4 is 44.1 Å². The van der Waals surface area contributed by atoms with Crippen LogP contribution in [0.1, 0.15) is 5.56 Å². The average molecular weight is 336 g/mol. The molecule has 0 aliphatic rings. The van der Waals surface area contributed by atoms with Gasteiger partial charge in [0.05, 0.1) is 5.02 Å². The quantitative estimate of drug-likeness (QED) is 0.677. The van der Waals surface area contributed by atoms with E-state index in [1.807, 2.05) is 42.6 Å². The van der Waals surface area contributed by atoms with Crippen molar-refractivity contribution in [2.45, 2.75) is 6.54 Å². The Balaban J connectivity index is 2.06. The van der Waals surface area contributed by atoms with Gasteiger partial charge in [-0.2, -0.15) is 0 Å². The number of rotatable bonds is 2. The molecule has 2 nitrogen and oxygen atoms in total. The minimum atomic E-state index is 0.715. The van der Waals surface area contributed by atoms with E-state index in [2.05, 4.69) is 26.6 Å². The number of aromatic nitrogens is 1. The first-order valence-corrected chi connectivity index (χ1v) is 7.09. The van der Waals surface area contributed by atoms with Crippen molar-refractivity contribution in [2.75, 3.05) is 5.73 Å². The third-order valence-electron chi connectivity index (χ3n) is 3.19. The zero-order chi connectivity index (χ0) is 13.4. The smallest absolute Gasteiger partial charge is 0.0661 e. The third-order valence-corrected chi connectivity index (χ3v) is 3.98. The van der Waals surface area contributed by atoms with Crippen LogP contribution >= 0.6 is 27.5 Å². The second-order valence-corrected chi connectivity index (χ2v) is 5.79. The van der Waals surface area contributed by atoms with E-state index in [4.69, 9.17) is 17.3 Å². The molecule has 0 aliphatic carbocycles. The van der Waals surface area contributed by atoms with Gasteiger partial charge in [0, 0.05) is 33.8 Å². The van der Waals surface area contributed by atoms with E-state index in [0.29, 0.717) is 6.54 Å². The van der Waals surface area contributed by atoms with Crippen molar-refractivity contribution in [1.82, 2.24) is 4.57 Å². The molecule has 0 saturated heterocycles. The minimum Gasteiger partial charge on any atom is -0.398 e. The number of hydrogen-bond acceptors (Lipinski definition) is 1. The lowest BCUT2D eigenvalue weighted by molar-refractivity contribution is 0.839. The van der Waals surface area contributed by atoms with Gasteiger partial charge in [-0.15, -0.1) is 0 Å². The van der Waals surface area contributed by atoms with Crippen LogP contribution in [0.15, 0.2) is 53.1 Å². The van der Waals surface area contributed by atoms with Gasteiger partial charge in [0.15, 0.2) is 0 Å². The molecule has 96 valence electrons. The van der Waals surface area contributed by atoms with Crippen molar-refractivity contribution in [1.29, 1.82) is 0 Å². The minimum absolute atomic E-state index is 0.715. The highest BCUT2D eigenvalue weighted by atomic mass is 79.9. The molecular weight excluding hydrogens is 324 g/mol. The molecule has 0 bridgehead atoms. The van der Waals surface area contributed by atoms with Crippen LogP contribution in [0, 0.1) is 0 Å². The highest BCUT2D eigenvalue weighted by molar-refractivity contribution is 9.10. The van der Waals surface area contributed by atoms with Crippen LogP contribution in [-0.2, 0) is 6.54 Å². The van der Waals surface area contributed by atoms with Crippen LogP contribution in [0.3, 0.4) is 0 Å². The topological polar surface area (TPSA) is 30.9 Å².